The molecule has 70 heavy (non-hydrogen) atoms. The average Bonchev–Trinajstić information content (AvgIpc) is 3.34. The first-order chi connectivity index (χ1) is 34.1. The molecule has 1 saturated heterocycles. The van der Waals surface area contributed by atoms with Gasteiger partial charge in [0, 0.05) is 13.0 Å². The van der Waals surface area contributed by atoms with Gasteiger partial charge >= 0.3 is 16.4 Å². The van der Waals surface area contributed by atoms with Crippen molar-refractivity contribution in [1.29, 1.82) is 0 Å². The molecular formula is C57H100O12S. The molecule has 0 aromatic carbocycles. The molecule has 12 nitrogen and oxygen atoms in total. The Bertz CT molecular complexity index is 1490. The summed E-state index contributed by atoms with van der Waals surface area (Å²) in [4.78, 5) is 12.9. The minimum Gasteiger partial charge on any atom is -0.457 e. The Morgan fingerprint density at radius 2 is 0.943 bits per heavy atom. The summed E-state index contributed by atoms with van der Waals surface area (Å²) in [7, 11) is -5.07. The Morgan fingerprint density at radius 1 is 0.543 bits per heavy atom. The lowest BCUT2D eigenvalue weighted by molar-refractivity contribution is -0.301. The molecule has 1 aliphatic rings. The van der Waals surface area contributed by atoms with Gasteiger partial charge in [0.1, 0.15) is 30.5 Å². The van der Waals surface area contributed by atoms with Crippen molar-refractivity contribution in [3.8, 4) is 0 Å². The first-order valence-electron chi connectivity index (χ1n) is 27.7. The summed E-state index contributed by atoms with van der Waals surface area (Å²) in [5.41, 5.74) is 0. The molecule has 1 aliphatic heterocycles. The van der Waals surface area contributed by atoms with Crippen molar-refractivity contribution < 1.29 is 56.2 Å². The maximum absolute atomic E-state index is 12.9. The van der Waals surface area contributed by atoms with Gasteiger partial charge in [0.15, 0.2) is 6.29 Å². The van der Waals surface area contributed by atoms with E-state index in [9.17, 15) is 33.1 Å². The third-order valence-corrected chi connectivity index (χ3v) is 12.8. The molecule has 0 bridgehead atoms. The first kappa shape index (κ1) is 65.6. The Balaban J connectivity index is 2.36. The van der Waals surface area contributed by atoms with E-state index >= 15 is 0 Å². The Hall–Kier alpha value is -2.46. The van der Waals surface area contributed by atoms with Gasteiger partial charge < -0.3 is 34.3 Å². The van der Waals surface area contributed by atoms with E-state index in [-0.39, 0.29) is 19.6 Å². The lowest BCUT2D eigenvalue weighted by Gasteiger charge is -2.41. The molecule has 0 saturated carbocycles. The summed E-state index contributed by atoms with van der Waals surface area (Å²) < 4.78 is 59.3. The van der Waals surface area contributed by atoms with E-state index in [1.807, 2.05) is 0 Å². The van der Waals surface area contributed by atoms with Crippen LogP contribution in [-0.4, -0.2) is 97.5 Å². The molecule has 0 amide bonds. The molecule has 6 unspecified atom stereocenters. The summed E-state index contributed by atoms with van der Waals surface area (Å²) in [6, 6.07) is 0. The van der Waals surface area contributed by atoms with Crippen LogP contribution in [0.4, 0.5) is 0 Å². The Kier molecular flexibility index (Phi) is 44.5. The van der Waals surface area contributed by atoms with Gasteiger partial charge in [-0.3, -0.25) is 9.35 Å². The second-order valence-corrected chi connectivity index (χ2v) is 19.9. The number of esters is 1. The number of rotatable bonds is 48. The predicted molar refractivity (Wildman–Crippen MR) is 285 cm³/mol. The normalized spacial score (nSPS) is 19.7. The highest BCUT2D eigenvalue weighted by atomic mass is 32.3. The zero-order chi connectivity index (χ0) is 51.0. The van der Waals surface area contributed by atoms with Crippen LogP contribution in [0.5, 0.6) is 0 Å². The molecular weight excluding hydrogens is 909 g/mol. The fourth-order valence-electron chi connectivity index (χ4n) is 8.10. The van der Waals surface area contributed by atoms with Gasteiger partial charge in [-0.1, -0.05) is 196 Å². The fraction of sp³-hybridized carbons (Fsp3) is 0.772. The van der Waals surface area contributed by atoms with Gasteiger partial charge in [0.05, 0.1) is 19.8 Å². The van der Waals surface area contributed by atoms with Crippen LogP contribution in [-0.2, 0) is 38.3 Å². The third-order valence-electron chi connectivity index (χ3n) is 12.3. The lowest BCUT2D eigenvalue weighted by Crippen LogP contribution is -2.60. The quantitative estimate of drug-likeness (QED) is 0.0197. The standard InChI is InChI=1S/C57H100O12S/c1-3-5-7-9-11-13-15-17-19-21-23-25-27-29-31-33-35-37-39-41-43-45-47-65-49-51(50-66-57-55(61)56(69-70(62,63)64)54(60)52(48-58)68-57)67-53(59)46-44-42-40-38-36-34-32-30-28-26-24-22-20-18-16-14-12-10-8-6-4-2/h15-18,21-24,27-30,51-52,54-58,60-61H,3-14,19-20,25-26,31-50H2,1-2H3,(H,62,63,64)/b17-15-,18-16-,23-21-,24-22-,29-27-,30-28-. The minimum absolute atomic E-state index is 0.0204. The molecule has 1 heterocycles. The van der Waals surface area contributed by atoms with Crippen LogP contribution in [0.2, 0.25) is 0 Å². The average molecular weight is 1010 g/mol. The van der Waals surface area contributed by atoms with Crippen molar-refractivity contribution in [3.05, 3.63) is 72.9 Å². The highest BCUT2D eigenvalue weighted by Crippen LogP contribution is 2.26. The molecule has 0 radical (unpaired) electrons. The second kappa shape index (κ2) is 47.5. The number of hydrogen-bond acceptors (Lipinski definition) is 11. The number of unbranched alkanes of at least 4 members (excludes halogenated alkanes) is 23. The number of aliphatic hydroxyl groups excluding tert-OH is 3. The smallest absolute Gasteiger partial charge is 0.397 e. The largest absolute Gasteiger partial charge is 0.457 e. The van der Waals surface area contributed by atoms with Crippen LogP contribution in [0, 0.1) is 0 Å². The SMILES string of the molecule is CCCCCCC/C=C\C/C=C\C/C=C\CCCCCCCCCOCC(COC1OC(CO)C(O)C(OS(=O)(=O)O)C1O)OC(=O)CCCCCCCC/C=C\C/C=C\C/C=C\CCCCCCC. The van der Waals surface area contributed by atoms with Gasteiger partial charge in [-0.2, -0.15) is 8.42 Å². The van der Waals surface area contributed by atoms with E-state index in [0.29, 0.717) is 13.0 Å². The predicted octanol–water partition coefficient (Wildman–Crippen LogP) is 13.4. The van der Waals surface area contributed by atoms with Crippen molar-refractivity contribution in [2.24, 2.45) is 0 Å². The lowest BCUT2D eigenvalue weighted by atomic mass is 9.99. The van der Waals surface area contributed by atoms with Crippen LogP contribution in [0.15, 0.2) is 72.9 Å². The summed E-state index contributed by atoms with van der Waals surface area (Å²) in [6.45, 7) is 3.94. The second-order valence-electron chi connectivity index (χ2n) is 18.8. The van der Waals surface area contributed by atoms with Crippen molar-refractivity contribution in [2.45, 2.75) is 256 Å². The van der Waals surface area contributed by atoms with E-state index in [1.54, 1.807) is 0 Å². The summed E-state index contributed by atoms with van der Waals surface area (Å²) in [5, 5.41) is 30.8. The van der Waals surface area contributed by atoms with Crippen molar-refractivity contribution >= 4 is 16.4 Å². The van der Waals surface area contributed by atoms with Crippen molar-refractivity contribution in [2.75, 3.05) is 26.4 Å². The molecule has 1 fully saturated rings. The molecule has 406 valence electrons. The maximum Gasteiger partial charge on any atom is 0.397 e. The third kappa shape index (κ3) is 40.1. The van der Waals surface area contributed by atoms with E-state index < -0.39 is 59.8 Å². The van der Waals surface area contributed by atoms with Gasteiger partial charge in [-0.05, 0) is 89.9 Å². The summed E-state index contributed by atoms with van der Waals surface area (Å²) >= 11 is 0. The van der Waals surface area contributed by atoms with Crippen molar-refractivity contribution in [1.82, 2.24) is 0 Å². The number of hydrogen-bond donors (Lipinski definition) is 4. The van der Waals surface area contributed by atoms with E-state index in [0.717, 1.165) is 96.3 Å². The monoisotopic (exact) mass is 1010 g/mol. The molecule has 0 aromatic heterocycles. The highest BCUT2D eigenvalue weighted by Gasteiger charge is 2.48. The van der Waals surface area contributed by atoms with Gasteiger partial charge in [0.2, 0.25) is 0 Å². The maximum atomic E-state index is 12.9. The van der Waals surface area contributed by atoms with Crippen LogP contribution in [0.1, 0.15) is 219 Å². The van der Waals surface area contributed by atoms with Crippen LogP contribution >= 0.6 is 0 Å². The number of carbonyl (C=O) groups is 1. The Labute approximate surface area is 426 Å². The zero-order valence-electron chi connectivity index (χ0n) is 43.8. The molecule has 1 rings (SSSR count). The summed E-state index contributed by atoms with van der Waals surface area (Å²) in [5.74, 6) is -0.416. The number of carbonyl (C=O) groups excluding carboxylic acids is 1. The molecule has 6 atom stereocenters. The first-order valence-corrected chi connectivity index (χ1v) is 29.1. The fourth-order valence-corrected chi connectivity index (χ4v) is 8.61. The van der Waals surface area contributed by atoms with Gasteiger partial charge in [-0.15, -0.1) is 0 Å². The Morgan fingerprint density at radius 3 is 1.37 bits per heavy atom. The van der Waals surface area contributed by atoms with Crippen LogP contribution < -0.4 is 0 Å². The molecule has 4 N–H and O–H groups in total. The molecule has 13 heteroatoms. The van der Waals surface area contributed by atoms with Crippen LogP contribution in [0.3, 0.4) is 0 Å². The van der Waals surface area contributed by atoms with E-state index in [1.165, 1.54) is 96.3 Å². The van der Waals surface area contributed by atoms with Crippen LogP contribution in [0.25, 0.3) is 0 Å². The molecule has 0 spiro atoms. The van der Waals surface area contributed by atoms with Gasteiger partial charge in [-0.25, -0.2) is 4.18 Å². The topological polar surface area (TPSA) is 178 Å². The molecule has 0 aromatic rings. The van der Waals surface area contributed by atoms with Crippen molar-refractivity contribution in [3.63, 3.8) is 0 Å². The number of aliphatic hydroxyl groups is 3. The molecule has 0 aliphatic carbocycles. The minimum atomic E-state index is -5.07. The van der Waals surface area contributed by atoms with Gasteiger partial charge in [0.25, 0.3) is 0 Å². The highest BCUT2D eigenvalue weighted by molar-refractivity contribution is 7.80. The number of ether oxygens (including phenoxy) is 4. The van der Waals surface area contributed by atoms with E-state index in [2.05, 4.69) is 90.9 Å². The summed E-state index contributed by atoms with van der Waals surface area (Å²) in [6.07, 6.45) is 53.5. The van der Waals surface area contributed by atoms with E-state index in [4.69, 9.17) is 18.9 Å². The number of allylic oxidation sites excluding steroid dienone is 12. The zero-order valence-corrected chi connectivity index (χ0v) is 44.6.